The molecule has 2 aromatic heterocycles. The van der Waals surface area contributed by atoms with Gasteiger partial charge in [0.15, 0.2) is 0 Å². The molecule has 2 heterocycles. The lowest BCUT2D eigenvalue weighted by atomic mass is 10.2. The zero-order chi connectivity index (χ0) is 9.42. The van der Waals surface area contributed by atoms with Gasteiger partial charge in [0, 0.05) is 6.20 Å². The molecule has 0 amide bonds. The Labute approximate surface area is 80.2 Å². The molecule has 0 bridgehead atoms. The molecule has 0 fully saturated rings. The van der Waals surface area contributed by atoms with Crippen molar-refractivity contribution in [1.82, 2.24) is 9.38 Å². The number of pyridine rings is 1. The summed E-state index contributed by atoms with van der Waals surface area (Å²) in [5.74, 6) is 0.479. The molecule has 0 aromatic carbocycles. The molecule has 0 aliphatic rings. The molecule has 3 heteroatoms. The lowest BCUT2D eigenvalue weighted by Gasteiger charge is -2.00. The number of fused-ring (bicyclic) bond motifs is 1. The molecular formula is C10H13N2P. The van der Waals surface area contributed by atoms with Crippen molar-refractivity contribution in [3.8, 4) is 0 Å². The van der Waals surface area contributed by atoms with Crippen molar-refractivity contribution < 1.29 is 0 Å². The van der Waals surface area contributed by atoms with Crippen molar-refractivity contribution in [2.45, 2.75) is 19.8 Å². The monoisotopic (exact) mass is 192 g/mol. The Hall–Kier alpha value is -0.880. The van der Waals surface area contributed by atoms with Crippen molar-refractivity contribution in [3.05, 3.63) is 30.1 Å². The first-order valence-corrected chi connectivity index (χ1v) is 5.00. The molecule has 0 saturated heterocycles. The zero-order valence-electron chi connectivity index (χ0n) is 7.86. The molecule has 2 aromatic rings. The molecule has 0 spiro atoms. The van der Waals surface area contributed by atoms with Gasteiger partial charge >= 0.3 is 0 Å². The first-order chi connectivity index (χ1) is 6.20. The number of nitrogens with zero attached hydrogens (tertiary/aromatic N) is 2. The van der Waals surface area contributed by atoms with E-state index in [4.69, 9.17) is 0 Å². The Morgan fingerprint density at radius 3 is 2.77 bits per heavy atom. The zero-order valence-corrected chi connectivity index (χ0v) is 9.01. The lowest BCUT2D eigenvalue weighted by Crippen LogP contribution is -2.06. The van der Waals surface area contributed by atoms with E-state index in [1.165, 1.54) is 5.44 Å². The van der Waals surface area contributed by atoms with E-state index in [0.29, 0.717) is 5.92 Å². The Morgan fingerprint density at radius 2 is 2.15 bits per heavy atom. The molecule has 0 N–H and O–H groups in total. The molecule has 2 nitrogen and oxygen atoms in total. The highest BCUT2D eigenvalue weighted by molar-refractivity contribution is 7.27. The molecule has 0 saturated carbocycles. The van der Waals surface area contributed by atoms with Crippen molar-refractivity contribution in [1.29, 1.82) is 0 Å². The summed E-state index contributed by atoms with van der Waals surface area (Å²) in [4.78, 5) is 4.55. The second-order valence-corrected chi connectivity index (χ2v) is 4.01. The van der Waals surface area contributed by atoms with Crippen LogP contribution < -0.4 is 5.44 Å². The van der Waals surface area contributed by atoms with Crippen LogP contribution in [0.15, 0.2) is 24.4 Å². The van der Waals surface area contributed by atoms with E-state index < -0.39 is 0 Å². The largest absolute Gasteiger partial charge is 0.300 e. The fraction of sp³-hybridized carbons (Fsp3) is 0.300. The normalized spacial score (nSPS) is 11.4. The van der Waals surface area contributed by atoms with E-state index in [9.17, 15) is 0 Å². The van der Waals surface area contributed by atoms with Crippen LogP contribution in [0.3, 0.4) is 0 Å². The van der Waals surface area contributed by atoms with Crippen LogP contribution in [0.4, 0.5) is 0 Å². The summed E-state index contributed by atoms with van der Waals surface area (Å²) in [6.45, 7) is 4.32. The van der Waals surface area contributed by atoms with E-state index in [1.807, 2.05) is 24.4 Å². The molecule has 0 aliphatic heterocycles. The van der Waals surface area contributed by atoms with E-state index >= 15 is 0 Å². The highest BCUT2D eigenvalue weighted by Crippen LogP contribution is 2.14. The van der Waals surface area contributed by atoms with E-state index in [1.54, 1.807) is 0 Å². The van der Waals surface area contributed by atoms with Gasteiger partial charge in [-0.15, -0.1) is 0 Å². The van der Waals surface area contributed by atoms with Gasteiger partial charge in [0.1, 0.15) is 5.65 Å². The molecule has 0 aliphatic carbocycles. The fourth-order valence-electron chi connectivity index (χ4n) is 1.46. The van der Waals surface area contributed by atoms with Crippen LogP contribution in [0.5, 0.6) is 0 Å². The van der Waals surface area contributed by atoms with Gasteiger partial charge in [-0.3, -0.25) is 0 Å². The molecule has 0 radical (unpaired) electrons. The number of hydrogen-bond acceptors (Lipinski definition) is 1. The van der Waals surface area contributed by atoms with Gasteiger partial charge < -0.3 is 4.40 Å². The Balaban J connectivity index is 2.74. The average molecular weight is 192 g/mol. The standard InChI is InChI=1S/C10H13N2P/c1-7(2)9-10(13)12-6-4-3-5-8(12)11-9/h3-7H,13H2,1-2H3. The minimum absolute atomic E-state index is 0.479. The highest BCUT2D eigenvalue weighted by Gasteiger charge is 2.10. The van der Waals surface area contributed by atoms with Gasteiger partial charge in [0.25, 0.3) is 0 Å². The summed E-state index contributed by atoms with van der Waals surface area (Å²) >= 11 is 0. The predicted molar refractivity (Wildman–Crippen MR) is 58.6 cm³/mol. The maximum atomic E-state index is 4.55. The smallest absolute Gasteiger partial charge is 0.137 e. The van der Waals surface area contributed by atoms with Gasteiger partial charge in [0.2, 0.25) is 0 Å². The summed E-state index contributed by atoms with van der Waals surface area (Å²) in [6, 6.07) is 6.06. The number of hydrogen-bond donors (Lipinski definition) is 0. The maximum absolute atomic E-state index is 4.55. The third-order valence-corrected chi connectivity index (χ3v) is 2.72. The van der Waals surface area contributed by atoms with Crippen LogP contribution in [-0.2, 0) is 0 Å². The second kappa shape index (κ2) is 3.12. The maximum Gasteiger partial charge on any atom is 0.137 e. The van der Waals surface area contributed by atoms with Crippen molar-refractivity contribution >= 4 is 20.3 Å². The van der Waals surface area contributed by atoms with E-state index in [0.717, 1.165) is 11.3 Å². The van der Waals surface area contributed by atoms with Gasteiger partial charge in [-0.2, -0.15) is 0 Å². The minimum Gasteiger partial charge on any atom is -0.300 e. The summed E-state index contributed by atoms with van der Waals surface area (Å²) in [6.07, 6.45) is 2.04. The average Bonchev–Trinajstić information content (AvgIpc) is 2.45. The molecule has 1 unspecified atom stereocenters. The summed E-state index contributed by atoms with van der Waals surface area (Å²) < 4.78 is 2.10. The summed E-state index contributed by atoms with van der Waals surface area (Å²) in [7, 11) is 2.76. The number of rotatable bonds is 1. The minimum atomic E-state index is 0.479. The van der Waals surface area contributed by atoms with Crippen LogP contribution in [0.1, 0.15) is 25.5 Å². The van der Waals surface area contributed by atoms with Crippen molar-refractivity contribution in [3.63, 3.8) is 0 Å². The third kappa shape index (κ3) is 1.36. The lowest BCUT2D eigenvalue weighted by molar-refractivity contribution is 0.842. The number of aromatic nitrogens is 2. The summed E-state index contributed by atoms with van der Waals surface area (Å²) in [5, 5.41) is 0. The summed E-state index contributed by atoms with van der Waals surface area (Å²) in [5.41, 5.74) is 3.36. The molecule has 68 valence electrons. The Bertz CT molecular complexity index is 431. The first kappa shape index (κ1) is 8.71. The fourth-order valence-corrected chi connectivity index (χ4v) is 2.07. The second-order valence-electron chi connectivity index (χ2n) is 3.47. The third-order valence-electron chi connectivity index (χ3n) is 2.14. The van der Waals surface area contributed by atoms with E-state index in [2.05, 4.69) is 32.5 Å². The highest BCUT2D eigenvalue weighted by atomic mass is 31.0. The molecule has 1 atom stereocenters. The topological polar surface area (TPSA) is 17.3 Å². The molecular weight excluding hydrogens is 179 g/mol. The van der Waals surface area contributed by atoms with Crippen LogP contribution in [-0.4, -0.2) is 9.38 Å². The van der Waals surface area contributed by atoms with E-state index in [-0.39, 0.29) is 0 Å². The number of imidazole rings is 1. The van der Waals surface area contributed by atoms with Gasteiger partial charge in [-0.05, 0) is 18.1 Å². The van der Waals surface area contributed by atoms with Gasteiger partial charge in [0.05, 0.1) is 11.1 Å². The van der Waals surface area contributed by atoms with Gasteiger partial charge in [-0.25, -0.2) is 4.98 Å². The predicted octanol–water partition coefficient (Wildman–Crippen LogP) is 1.96. The molecule has 13 heavy (non-hydrogen) atoms. The van der Waals surface area contributed by atoms with Crippen LogP contribution in [0.25, 0.3) is 5.65 Å². The van der Waals surface area contributed by atoms with Crippen LogP contribution in [0.2, 0.25) is 0 Å². The first-order valence-electron chi connectivity index (χ1n) is 4.42. The van der Waals surface area contributed by atoms with Crippen molar-refractivity contribution in [2.75, 3.05) is 0 Å². The Morgan fingerprint density at radius 1 is 1.38 bits per heavy atom. The van der Waals surface area contributed by atoms with Crippen LogP contribution in [0, 0.1) is 0 Å². The van der Waals surface area contributed by atoms with Gasteiger partial charge in [-0.1, -0.05) is 29.2 Å². The molecule has 2 rings (SSSR count). The van der Waals surface area contributed by atoms with Crippen molar-refractivity contribution in [2.24, 2.45) is 0 Å². The SMILES string of the molecule is CC(C)c1nc2ccccn2c1P. The quantitative estimate of drug-likeness (QED) is 0.631. The Kier molecular flexibility index (Phi) is 2.09. The van der Waals surface area contributed by atoms with Crippen LogP contribution >= 0.6 is 9.24 Å².